The summed E-state index contributed by atoms with van der Waals surface area (Å²) in [6.45, 7) is 0. The molecule has 1 aliphatic rings. The molecular weight excluding hydrogens is 256 g/mol. The highest BCUT2D eigenvalue weighted by atomic mass is 16.5. The van der Waals surface area contributed by atoms with Gasteiger partial charge in [-0.1, -0.05) is 19.3 Å². The van der Waals surface area contributed by atoms with Gasteiger partial charge in [0, 0.05) is 6.07 Å². The van der Waals surface area contributed by atoms with Gasteiger partial charge in [0.2, 0.25) is 0 Å². The zero-order valence-electron chi connectivity index (χ0n) is 12.2. The first-order valence-electron chi connectivity index (χ1n) is 7.25. The van der Waals surface area contributed by atoms with Gasteiger partial charge in [0.05, 0.1) is 20.3 Å². The molecule has 4 nitrogen and oxygen atoms in total. The van der Waals surface area contributed by atoms with Crippen LogP contribution in [0.3, 0.4) is 0 Å². The van der Waals surface area contributed by atoms with Crippen LogP contribution >= 0.6 is 0 Å². The van der Waals surface area contributed by atoms with Crippen LogP contribution in [0.4, 0.5) is 0 Å². The first-order chi connectivity index (χ1) is 9.65. The van der Waals surface area contributed by atoms with Gasteiger partial charge in [0.15, 0.2) is 0 Å². The minimum absolute atomic E-state index is 0.177. The van der Waals surface area contributed by atoms with E-state index in [-0.39, 0.29) is 5.92 Å². The third kappa shape index (κ3) is 3.44. The zero-order valence-corrected chi connectivity index (χ0v) is 12.2. The van der Waals surface area contributed by atoms with Crippen molar-refractivity contribution in [2.75, 3.05) is 14.2 Å². The summed E-state index contributed by atoms with van der Waals surface area (Å²) < 4.78 is 10.4. The van der Waals surface area contributed by atoms with Crippen LogP contribution in [-0.4, -0.2) is 30.5 Å². The van der Waals surface area contributed by atoms with Crippen LogP contribution in [0.25, 0.3) is 0 Å². The normalized spacial score (nSPS) is 19.4. The molecule has 1 aromatic rings. The van der Waals surface area contributed by atoms with Crippen LogP contribution in [0.15, 0.2) is 18.2 Å². The number of ether oxygens (including phenoxy) is 2. The molecule has 0 bridgehead atoms. The fourth-order valence-electron chi connectivity index (χ4n) is 2.93. The van der Waals surface area contributed by atoms with Gasteiger partial charge in [-0.05, 0) is 36.5 Å². The summed E-state index contributed by atoms with van der Waals surface area (Å²) >= 11 is 0. The molecule has 0 aliphatic heterocycles. The van der Waals surface area contributed by atoms with Crippen LogP contribution in [0, 0.1) is 5.92 Å². The van der Waals surface area contributed by atoms with E-state index < -0.39 is 12.2 Å². The Morgan fingerprint density at radius 2 is 1.50 bits per heavy atom. The predicted octanol–water partition coefficient (Wildman–Crippen LogP) is 2.68. The lowest BCUT2D eigenvalue weighted by Crippen LogP contribution is -2.29. The highest BCUT2D eigenvalue weighted by Gasteiger charge is 2.29. The van der Waals surface area contributed by atoms with Crippen LogP contribution < -0.4 is 9.47 Å². The largest absolute Gasteiger partial charge is 0.497 e. The van der Waals surface area contributed by atoms with Gasteiger partial charge in [-0.2, -0.15) is 0 Å². The van der Waals surface area contributed by atoms with Crippen molar-refractivity contribution in [1.82, 2.24) is 0 Å². The van der Waals surface area contributed by atoms with Crippen molar-refractivity contribution in [2.45, 2.75) is 44.3 Å². The van der Waals surface area contributed by atoms with E-state index in [9.17, 15) is 10.2 Å². The Morgan fingerprint density at radius 1 is 0.950 bits per heavy atom. The highest BCUT2D eigenvalue weighted by molar-refractivity contribution is 5.39. The molecule has 112 valence electrons. The Morgan fingerprint density at radius 3 is 2.00 bits per heavy atom. The van der Waals surface area contributed by atoms with Crippen molar-refractivity contribution in [1.29, 1.82) is 0 Å². The SMILES string of the molecule is COc1cc(OC)cc(C(O)C(O)C2CCCCC2)c1. The lowest BCUT2D eigenvalue weighted by Gasteiger charge is -2.30. The van der Waals surface area contributed by atoms with Crippen LogP contribution in [0.5, 0.6) is 11.5 Å². The van der Waals surface area contributed by atoms with Crippen LogP contribution in [-0.2, 0) is 0 Å². The maximum absolute atomic E-state index is 10.4. The van der Waals surface area contributed by atoms with Crippen molar-refractivity contribution in [2.24, 2.45) is 5.92 Å². The molecule has 20 heavy (non-hydrogen) atoms. The molecule has 1 saturated carbocycles. The first kappa shape index (κ1) is 15.1. The molecule has 0 radical (unpaired) electrons. The second-order valence-electron chi connectivity index (χ2n) is 5.48. The lowest BCUT2D eigenvalue weighted by molar-refractivity contribution is -0.0287. The Kier molecular flexibility index (Phi) is 5.26. The summed E-state index contributed by atoms with van der Waals surface area (Å²) in [4.78, 5) is 0. The van der Waals surface area contributed by atoms with E-state index in [1.165, 1.54) is 6.42 Å². The summed E-state index contributed by atoms with van der Waals surface area (Å²) in [6, 6.07) is 5.25. The van der Waals surface area contributed by atoms with Crippen molar-refractivity contribution in [3.63, 3.8) is 0 Å². The van der Waals surface area contributed by atoms with Crippen molar-refractivity contribution >= 4 is 0 Å². The number of methoxy groups -OCH3 is 2. The molecule has 2 N–H and O–H groups in total. The molecule has 2 rings (SSSR count). The molecule has 0 amide bonds. The number of aliphatic hydroxyl groups is 2. The van der Waals surface area contributed by atoms with Crippen molar-refractivity contribution in [3.8, 4) is 11.5 Å². The monoisotopic (exact) mass is 280 g/mol. The summed E-state index contributed by atoms with van der Waals surface area (Å²) in [5, 5.41) is 20.8. The molecule has 0 saturated heterocycles. The van der Waals surface area contributed by atoms with E-state index in [0.29, 0.717) is 17.1 Å². The maximum atomic E-state index is 10.4. The Labute approximate surface area is 120 Å². The third-order valence-corrected chi connectivity index (χ3v) is 4.17. The van der Waals surface area contributed by atoms with Gasteiger partial charge in [0.1, 0.15) is 17.6 Å². The van der Waals surface area contributed by atoms with Gasteiger partial charge in [-0.3, -0.25) is 0 Å². The van der Waals surface area contributed by atoms with E-state index in [1.54, 1.807) is 32.4 Å². The Hall–Kier alpha value is -1.26. The number of hydrogen-bond acceptors (Lipinski definition) is 4. The average Bonchev–Trinajstić information content (AvgIpc) is 2.53. The van der Waals surface area contributed by atoms with Gasteiger partial charge in [0.25, 0.3) is 0 Å². The van der Waals surface area contributed by atoms with Gasteiger partial charge in [-0.25, -0.2) is 0 Å². The molecule has 0 spiro atoms. The standard InChI is InChI=1S/C16H24O4/c1-19-13-8-12(9-14(10-13)20-2)16(18)15(17)11-6-4-3-5-7-11/h8-11,15-18H,3-7H2,1-2H3. The summed E-state index contributed by atoms with van der Waals surface area (Å²) in [5.41, 5.74) is 0.638. The molecule has 1 fully saturated rings. The zero-order chi connectivity index (χ0) is 14.5. The molecule has 4 heteroatoms. The highest BCUT2D eigenvalue weighted by Crippen LogP contribution is 2.34. The fraction of sp³-hybridized carbons (Fsp3) is 0.625. The third-order valence-electron chi connectivity index (χ3n) is 4.17. The van der Waals surface area contributed by atoms with Gasteiger partial charge >= 0.3 is 0 Å². The van der Waals surface area contributed by atoms with Gasteiger partial charge in [-0.15, -0.1) is 0 Å². The van der Waals surface area contributed by atoms with E-state index in [1.807, 2.05) is 0 Å². The summed E-state index contributed by atoms with van der Waals surface area (Å²) in [6.07, 6.45) is 3.84. The predicted molar refractivity (Wildman–Crippen MR) is 77.1 cm³/mol. The maximum Gasteiger partial charge on any atom is 0.122 e. The van der Waals surface area contributed by atoms with Crippen LogP contribution in [0.1, 0.15) is 43.8 Å². The topological polar surface area (TPSA) is 58.9 Å². The molecule has 2 unspecified atom stereocenters. The molecule has 0 aromatic heterocycles. The summed E-state index contributed by atoms with van der Waals surface area (Å²) in [5.74, 6) is 1.42. The van der Waals surface area contributed by atoms with E-state index >= 15 is 0 Å². The van der Waals surface area contributed by atoms with Crippen molar-refractivity contribution in [3.05, 3.63) is 23.8 Å². The molecule has 1 aliphatic carbocycles. The molecule has 1 aromatic carbocycles. The second-order valence-corrected chi connectivity index (χ2v) is 5.48. The van der Waals surface area contributed by atoms with E-state index in [0.717, 1.165) is 25.7 Å². The van der Waals surface area contributed by atoms with Gasteiger partial charge < -0.3 is 19.7 Å². The average molecular weight is 280 g/mol. The smallest absolute Gasteiger partial charge is 0.122 e. The lowest BCUT2D eigenvalue weighted by atomic mass is 9.82. The number of rotatable bonds is 5. The van der Waals surface area contributed by atoms with Crippen LogP contribution in [0.2, 0.25) is 0 Å². The Bertz CT molecular complexity index is 404. The Balaban J connectivity index is 2.16. The number of hydrogen-bond donors (Lipinski definition) is 2. The van der Waals surface area contributed by atoms with E-state index in [4.69, 9.17) is 9.47 Å². The number of aliphatic hydroxyl groups excluding tert-OH is 2. The fourth-order valence-corrected chi connectivity index (χ4v) is 2.93. The van der Waals surface area contributed by atoms with E-state index in [2.05, 4.69) is 0 Å². The molecule has 2 atom stereocenters. The number of benzene rings is 1. The van der Waals surface area contributed by atoms with Crippen molar-refractivity contribution < 1.29 is 19.7 Å². The minimum Gasteiger partial charge on any atom is -0.497 e. The first-order valence-corrected chi connectivity index (χ1v) is 7.25. The quantitative estimate of drug-likeness (QED) is 0.870. The second kappa shape index (κ2) is 6.95. The summed E-state index contributed by atoms with van der Waals surface area (Å²) in [7, 11) is 3.14. The molecular formula is C16H24O4. The minimum atomic E-state index is -0.901. The molecule has 0 heterocycles.